The second-order valence-corrected chi connectivity index (χ2v) is 17.3. The van der Waals surface area contributed by atoms with E-state index < -0.39 is 91.3 Å². The molecule has 1 rings (SSSR count). The molecule has 0 amide bonds. The number of phosphoric acid groups is 3. The van der Waals surface area contributed by atoms with E-state index in [0.717, 1.165) is 25.7 Å². The molecule has 23 heteroatoms. The summed E-state index contributed by atoms with van der Waals surface area (Å²) in [5, 5.41) is 31.7. The number of ether oxygens (including phenoxy) is 2. The zero-order chi connectivity index (χ0) is 47.2. The van der Waals surface area contributed by atoms with Crippen LogP contribution >= 0.6 is 37.0 Å². The Morgan fingerprint density at radius 1 is 0.562 bits per heavy atom. The smallest absolute Gasteiger partial charge is 0.456 e. The molecular weight excluding hydrogens is 921 g/mol. The van der Waals surface area contributed by atoms with Crippen molar-refractivity contribution in [2.24, 2.45) is 0 Å². The number of aliphatic hydroxyl groups is 3. The van der Waals surface area contributed by atoms with Crippen molar-refractivity contribution in [3.63, 3.8) is 0 Å². The summed E-state index contributed by atoms with van der Waals surface area (Å²) < 4.78 is 64.5. The molecule has 8 N–H and O–H groups in total. The van der Waals surface area contributed by atoms with Crippen molar-refractivity contribution in [1.82, 2.24) is 0 Å². The first-order valence-corrected chi connectivity index (χ1v) is 24.3. The van der Waals surface area contributed by atoms with Gasteiger partial charge < -0.3 is 49.3 Å². The Hall–Kier alpha value is -3.58. The Morgan fingerprint density at radius 2 is 0.969 bits per heavy atom. The van der Waals surface area contributed by atoms with Crippen LogP contribution < -0.4 is 0 Å². The summed E-state index contributed by atoms with van der Waals surface area (Å²) >= 11 is 0. The fourth-order valence-corrected chi connectivity index (χ4v) is 7.62. The van der Waals surface area contributed by atoms with Gasteiger partial charge in [0.1, 0.15) is 43.2 Å². The van der Waals surface area contributed by atoms with E-state index in [9.17, 15) is 63.1 Å². The maximum Gasteiger partial charge on any atom is 0.472 e. The van der Waals surface area contributed by atoms with Gasteiger partial charge in [0.2, 0.25) is 0 Å². The van der Waals surface area contributed by atoms with Gasteiger partial charge in [-0.25, -0.2) is 18.5 Å². The van der Waals surface area contributed by atoms with Gasteiger partial charge in [0, 0.05) is 30.9 Å². The van der Waals surface area contributed by atoms with Crippen LogP contribution in [0.5, 0.6) is 0 Å². The van der Waals surface area contributed by atoms with Crippen LogP contribution in [0, 0.1) is 82.9 Å². The van der Waals surface area contributed by atoms with Crippen LogP contribution in [0.3, 0.4) is 0 Å². The number of carbonyl (C=O) groups is 2. The first-order valence-electron chi connectivity index (χ1n) is 19.8. The van der Waals surface area contributed by atoms with Crippen LogP contribution in [-0.4, -0.2) is 108 Å². The Morgan fingerprint density at radius 3 is 1.42 bits per heavy atom. The normalized spacial score (nSPS) is 20.0. The molecule has 0 aliphatic heterocycles. The highest BCUT2D eigenvalue weighted by Gasteiger charge is 2.56. The van der Waals surface area contributed by atoms with Crippen LogP contribution in [0.25, 0.3) is 0 Å². The largest absolute Gasteiger partial charge is 0.472 e. The fraction of sp³-hybridized carbons (Fsp3) is 0.610. The highest BCUT2D eigenvalue weighted by Crippen LogP contribution is 2.51. The number of carbonyl (C=O) groups excluding carboxylic acids is 2. The quantitative estimate of drug-likeness (QED) is 0.0166. The van der Waals surface area contributed by atoms with Crippen LogP contribution in [-0.2, 0) is 50.9 Å². The predicted molar refractivity (Wildman–Crippen MR) is 262 cm³/mol. The van der Waals surface area contributed by atoms with Crippen molar-refractivity contribution in [3.05, 3.63) is 0 Å². The fourth-order valence-electron chi connectivity index (χ4n) is 5.52. The molecular formula is C41H81O19P3S. The number of aliphatic hydroxyl groups excluding tert-OH is 3. The lowest BCUT2D eigenvalue weighted by Crippen LogP contribution is -2.65. The number of phosphoric ester groups is 3. The van der Waals surface area contributed by atoms with Crippen molar-refractivity contribution in [3.8, 4) is 82.9 Å². The minimum Gasteiger partial charge on any atom is -0.456 e. The minimum atomic E-state index is -5.63. The molecule has 0 aromatic heterocycles. The number of hydrogen-bond donors (Lipinski definition) is 8. The molecule has 0 radical (unpaired) electrons. The molecule has 0 aromatic rings. The Bertz CT molecular complexity index is 2130. The minimum absolute atomic E-state index is 0. The molecule has 4 unspecified atom stereocenters. The summed E-state index contributed by atoms with van der Waals surface area (Å²) in [6.45, 7) is 1.99. The molecule has 0 aromatic carbocycles. The number of rotatable bonds is 26. The standard InChI is InChI=1S/C41H53O19P3.H2S.13H2/c1-3-5-7-9-11-13-15-17-19-21-23-25-27-29-34(42)55-31-33(57-35(43)30-28-26-24-22-20-18-16-14-12-10-8-6-4-2)32-56-63(53,54)60-39-36(44)37(45)40(58-61(47,48)49)41(38(39)46)59-62(50,51)52;;;;;;;;;;;;;;/h33,36-41,44-46H,4,6,8,10,12,14,16,18,20,22,24,26,28,30-32H2,1-2H3,(H,53,54)(H2,47,48,49)(H2,50,51,52);1H2;13*1H/t33-,36-,37+,38?,39?,40?,41-;;;;;;;;;;;;;;/m1............../s1. The van der Waals surface area contributed by atoms with Gasteiger partial charge in [0.15, 0.2) is 6.10 Å². The van der Waals surface area contributed by atoms with Gasteiger partial charge in [0.05, 0.1) is 6.61 Å². The molecule has 8 atom stereocenters. The predicted octanol–water partition coefficient (Wildman–Crippen LogP) is 5.83. The molecule has 64 heavy (non-hydrogen) atoms. The monoisotopic (exact) mass is 1000 g/mol. The summed E-state index contributed by atoms with van der Waals surface area (Å²) in [7, 11) is -16.7. The third-order valence-corrected chi connectivity index (χ3v) is 10.4. The highest BCUT2D eigenvalue weighted by molar-refractivity contribution is 7.59. The van der Waals surface area contributed by atoms with E-state index in [0.29, 0.717) is 12.8 Å². The first-order chi connectivity index (χ1) is 29.8. The molecule has 1 aliphatic carbocycles. The summed E-state index contributed by atoms with van der Waals surface area (Å²) in [5.41, 5.74) is 0. The second kappa shape index (κ2) is 33.8. The Balaban J connectivity index is -0.000000236. The van der Waals surface area contributed by atoms with Crippen molar-refractivity contribution >= 4 is 48.9 Å². The zero-order valence-electron chi connectivity index (χ0n) is 35.3. The average Bonchev–Trinajstić information content (AvgIpc) is 3.20. The van der Waals surface area contributed by atoms with E-state index in [1.165, 1.54) is 44.9 Å². The van der Waals surface area contributed by atoms with E-state index in [2.05, 4.69) is 92.9 Å². The average molecular weight is 1000 g/mol. The topological polar surface area (TPSA) is 303 Å². The van der Waals surface area contributed by atoms with Crippen molar-refractivity contribution in [2.75, 3.05) is 13.2 Å². The number of esters is 2. The van der Waals surface area contributed by atoms with Gasteiger partial charge in [-0.3, -0.25) is 22.9 Å². The summed E-state index contributed by atoms with van der Waals surface area (Å²) in [4.78, 5) is 72.4. The lowest BCUT2D eigenvalue weighted by Gasteiger charge is -2.44. The van der Waals surface area contributed by atoms with Gasteiger partial charge in [-0.15, -0.1) is 0 Å². The molecule has 0 heterocycles. The zero-order valence-corrected chi connectivity index (χ0v) is 38.9. The number of hydrogen-bond acceptors (Lipinski definition) is 14. The Kier molecular flexibility index (Phi) is 31.9. The molecule has 1 fully saturated rings. The van der Waals surface area contributed by atoms with Crippen LogP contribution in [0.2, 0.25) is 0 Å². The van der Waals surface area contributed by atoms with E-state index in [4.69, 9.17) is 18.5 Å². The molecule has 1 saturated carbocycles. The van der Waals surface area contributed by atoms with Gasteiger partial charge in [-0.2, -0.15) is 13.5 Å². The molecule has 1 aliphatic rings. The van der Waals surface area contributed by atoms with Gasteiger partial charge in [-0.1, -0.05) is 89.9 Å². The summed E-state index contributed by atoms with van der Waals surface area (Å²) in [6, 6.07) is 0. The molecule has 380 valence electrons. The summed E-state index contributed by atoms with van der Waals surface area (Å²) in [5.74, 6) is 31.2. The van der Waals surface area contributed by atoms with Gasteiger partial charge in [0.25, 0.3) is 0 Å². The van der Waals surface area contributed by atoms with Gasteiger partial charge in [-0.05, 0) is 84.4 Å². The molecule has 0 saturated heterocycles. The lowest BCUT2D eigenvalue weighted by atomic mass is 9.85. The van der Waals surface area contributed by atoms with E-state index in [-0.39, 0.29) is 38.5 Å². The maximum absolute atomic E-state index is 13.0. The molecule has 0 bridgehead atoms. The van der Waals surface area contributed by atoms with Crippen LogP contribution in [0.1, 0.15) is 122 Å². The second-order valence-electron chi connectivity index (χ2n) is 13.5. The van der Waals surface area contributed by atoms with Crippen molar-refractivity contribution < 1.29 is 109 Å². The summed E-state index contributed by atoms with van der Waals surface area (Å²) in [6.07, 6.45) is -3.06. The SMILES string of the molecule is CC#CC#CC#CC#CC#CC#CC#CC(=O)OC[C@H](COP(=O)(O)OC1C(O)[C@@H](OP(=O)(O)O)C(OP(=O)(O)O)[C@@H](O)[C@H]1O)OC(=O)CCCCCCCCCCCCCCC.S.[HH].[HH].[HH].[HH].[HH].[HH].[HH].[HH].[HH].[HH].[HH].[HH].[HH]. The number of unbranched alkanes of at least 4 members (excludes halogenated alkanes) is 12. The first kappa shape index (κ1) is 60.4. The van der Waals surface area contributed by atoms with Gasteiger partial charge >= 0.3 is 35.4 Å². The molecule has 19 nitrogen and oxygen atoms in total. The van der Waals surface area contributed by atoms with E-state index >= 15 is 0 Å². The Labute approximate surface area is 400 Å². The highest BCUT2D eigenvalue weighted by atomic mass is 32.1. The van der Waals surface area contributed by atoms with E-state index in [1.807, 2.05) is 5.92 Å². The van der Waals surface area contributed by atoms with Crippen LogP contribution in [0.4, 0.5) is 0 Å². The van der Waals surface area contributed by atoms with Crippen molar-refractivity contribution in [2.45, 2.75) is 146 Å². The maximum atomic E-state index is 13.0. The van der Waals surface area contributed by atoms with Crippen molar-refractivity contribution in [1.29, 1.82) is 0 Å². The molecule has 0 spiro atoms. The lowest BCUT2D eigenvalue weighted by molar-refractivity contribution is -0.213. The third kappa shape index (κ3) is 29.8. The third-order valence-electron chi connectivity index (χ3n) is 8.38. The van der Waals surface area contributed by atoms with E-state index in [1.54, 1.807) is 6.92 Å². The van der Waals surface area contributed by atoms with Crippen LogP contribution in [0.15, 0.2) is 0 Å².